The minimum atomic E-state index is -0.901. The van der Waals surface area contributed by atoms with Crippen molar-refractivity contribution in [2.45, 2.75) is 13.3 Å². The Balaban J connectivity index is 4.13. The minimum absolute atomic E-state index is 0.198. The van der Waals surface area contributed by atoms with Crippen LogP contribution in [0.1, 0.15) is 13.3 Å². The average molecular weight is 172 g/mol. The first-order valence-corrected chi connectivity index (χ1v) is 3.41. The summed E-state index contributed by atoms with van der Waals surface area (Å²) in [5.74, 6) is 3.75. The van der Waals surface area contributed by atoms with Crippen LogP contribution in [0.25, 0.3) is 0 Å². The number of hydrogen-bond donors (Lipinski definition) is 2. The van der Waals surface area contributed by atoms with Crippen molar-refractivity contribution in [3.8, 4) is 0 Å². The summed E-state index contributed by atoms with van der Waals surface area (Å²) in [5, 5.41) is 18.8. The Kier molecular flexibility index (Phi) is 4.59. The zero-order chi connectivity index (χ0) is 9.56. The third-order valence-electron chi connectivity index (χ3n) is 1.27. The highest BCUT2D eigenvalue weighted by Crippen LogP contribution is 2.04. The number of rotatable bonds is 3. The molecular formula is C6H12N4O2. The molecule has 0 saturated carbocycles. The van der Waals surface area contributed by atoms with Crippen LogP contribution in [0.15, 0.2) is 15.3 Å². The van der Waals surface area contributed by atoms with Crippen LogP contribution in [0.3, 0.4) is 0 Å². The Hall–Kier alpha value is -1.46. The quantitative estimate of drug-likeness (QED) is 0.212. The van der Waals surface area contributed by atoms with Crippen molar-refractivity contribution in [1.29, 1.82) is 0 Å². The zero-order valence-electron chi connectivity index (χ0n) is 7.06. The van der Waals surface area contributed by atoms with Gasteiger partial charge in [0.05, 0.1) is 5.92 Å². The van der Waals surface area contributed by atoms with Crippen LogP contribution in [0.5, 0.6) is 0 Å². The van der Waals surface area contributed by atoms with Gasteiger partial charge in [0.1, 0.15) is 0 Å². The lowest BCUT2D eigenvalue weighted by Crippen LogP contribution is -2.14. The normalized spacial score (nSPS) is 15.0. The molecular weight excluding hydrogens is 160 g/mol. The van der Waals surface area contributed by atoms with E-state index in [0.29, 0.717) is 0 Å². The first-order valence-electron chi connectivity index (χ1n) is 3.41. The second-order valence-electron chi connectivity index (χ2n) is 2.29. The number of aliphatic carboxylic acids is 1. The number of carboxylic acid groups (broad SMARTS) is 1. The molecule has 0 radical (unpaired) electrons. The van der Waals surface area contributed by atoms with Gasteiger partial charge in [-0.1, -0.05) is 6.92 Å². The number of hydrogen-bond acceptors (Lipinski definition) is 4. The van der Waals surface area contributed by atoms with Crippen molar-refractivity contribution in [3.05, 3.63) is 0 Å². The van der Waals surface area contributed by atoms with Gasteiger partial charge in [0, 0.05) is 13.5 Å². The third-order valence-corrected chi connectivity index (χ3v) is 1.27. The zero-order valence-corrected chi connectivity index (χ0v) is 7.06. The maximum Gasteiger partial charge on any atom is 0.306 e. The van der Waals surface area contributed by atoms with Gasteiger partial charge in [-0.2, -0.15) is 10.2 Å². The molecule has 0 bridgehead atoms. The van der Waals surface area contributed by atoms with Crippen molar-refractivity contribution in [2.24, 2.45) is 27.1 Å². The molecule has 0 aliphatic heterocycles. The molecule has 0 spiro atoms. The highest BCUT2D eigenvalue weighted by Gasteiger charge is 2.13. The fourth-order valence-corrected chi connectivity index (χ4v) is 0.596. The Bertz CT molecular complexity index is 212. The predicted molar refractivity (Wildman–Crippen MR) is 43.8 cm³/mol. The average Bonchev–Trinajstić information content (AvgIpc) is 2.03. The van der Waals surface area contributed by atoms with Crippen molar-refractivity contribution in [3.63, 3.8) is 0 Å². The van der Waals surface area contributed by atoms with Gasteiger partial charge in [-0.3, -0.25) is 4.79 Å². The molecule has 3 N–H and O–H groups in total. The summed E-state index contributed by atoms with van der Waals surface area (Å²) < 4.78 is 0. The van der Waals surface area contributed by atoms with E-state index in [9.17, 15) is 4.79 Å². The molecule has 0 saturated heterocycles. The number of hydrazone groups is 1. The topological polar surface area (TPSA) is 100 Å². The van der Waals surface area contributed by atoms with E-state index in [1.54, 1.807) is 6.92 Å². The van der Waals surface area contributed by atoms with Crippen molar-refractivity contribution in [2.75, 3.05) is 7.05 Å². The van der Waals surface area contributed by atoms with Crippen LogP contribution < -0.4 is 5.84 Å². The van der Waals surface area contributed by atoms with Gasteiger partial charge in [0.25, 0.3) is 0 Å². The molecule has 0 aromatic rings. The monoisotopic (exact) mass is 172 g/mol. The third kappa shape index (κ3) is 3.65. The molecule has 0 heterocycles. The molecule has 0 amide bonds. The van der Waals surface area contributed by atoms with Gasteiger partial charge >= 0.3 is 5.97 Å². The van der Waals surface area contributed by atoms with Gasteiger partial charge in [-0.05, 0) is 0 Å². The van der Waals surface area contributed by atoms with Gasteiger partial charge in [-0.25, -0.2) is 0 Å². The lowest BCUT2D eigenvalue weighted by Gasteiger charge is -2.02. The van der Waals surface area contributed by atoms with Crippen LogP contribution in [-0.4, -0.2) is 24.0 Å². The molecule has 6 nitrogen and oxygen atoms in total. The number of azo groups is 1. The van der Waals surface area contributed by atoms with E-state index in [2.05, 4.69) is 15.3 Å². The molecule has 0 unspecified atom stereocenters. The summed E-state index contributed by atoms with van der Waals surface area (Å²) in [4.78, 5) is 10.4. The Morgan fingerprint density at radius 1 is 1.67 bits per heavy atom. The van der Waals surface area contributed by atoms with Crippen molar-refractivity contribution in [1.82, 2.24) is 0 Å². The van der Waals surface area contributed by atoms with E-state index in [-0.39, 0.29) is 12.3 Å². The molecule has 0 aromatic carbocycles. The molecule has 6 heteroatoms. The number of nitrogens with two attached hydrogens (primary N) is 1. The molecule has 0 rings (SSSR count). The van der Waals surface area contributed by atoms with Gasteiger partial charge in [-0.15, -0.1) is 5.11 Å². The number of amidine groups is 1. The van der Waals surface area contributed by atoms with Crippen LogP contribution in [0.4, 0.5) is 0 Å². The summed E-state index contributed by atoms with van der Waals surface area (Å²) >= 11 is 0. The van der Waals surface area contributed by atoms with E-state index in [4.69, 9.17) is 10.9 Å². The van der Waals surface area contributed by atoms with E-state index in [0.717, 1.165) is 0 Å². The van der Waals surface area contributed by atoms with Crippen LogP contribution in [-0.2, 0) is 4.79 Å². The second-order valence-corrected chi connectivity index (χ2v) is 2.29. The Morgan fingerprint density at radius 2 is 2.25 bits per heavy atom. The van der Waals surface area contributed by atoms with Crippen molar-refractivity contribution < 1.29 is 9.90 Å². The maximum atomic E-state index is 10.4. The summed E-state index contributed by atoms with van der Waals surface area (Å²) in [6, 6.07) is 0. The number of carbonyl (C=O) groups is 1. The maximum absolute atomic E-state index is 10.4. The Morgan fingerprint density at radius 3 is 2.58 bits per heavy atom. The lowest BCUT2D eigenvalue weighted by molar-refractivity contribution is -0.140. The first-order chi connectivity index (χ1) is 5.61. The van der Waals surface area contributed by atoms with E-state index >= 15 is 0 Å². The second kappa shape index (κ2) is 5.22. The fraction of sp³-hybridized carbons (Fsp3) is 0.667. The van der Waals surface area contributed by atoms with E-state index in [1.165, 1.54) is 7.05 Å². The molecule has 0 aliphatic rings. The van der Waals surface area contributed by atoms with Crippen LogP contribution in [0.2, 0.25) is 0 Å². The number of nitrogens with zero attached hydrogens (tertiary/aromatic N) is 3. The number of carboxylic acids is 1. The highest BCUT2D eigenvalue weighted by molar-refractivity contribution is 5.86. The molecule has 0 fully saturated rings. The highest BCUT2D eigenvalue weighted by atomic mass is 16.4. The summed E-state index contributed by atoms with van der Waals surface area (Å²) in [6.07, 6.45) is 0.198. The smallest absolute Gasteiger partial charge is 0.306 e. The summed E-state index contributed by atoms with van der Waals surface area (Å²) in [6.45, 7) is 1.55. The largest absolute Gasteiger partial charge is 0.481 e. The molecule has 0 aromatic heterocycles. The van der Waals surface area contributed by atoms with E-state index < -0.39 is 11.9 Å². The minimum Gasteiger partial charge on any atom is -0.481 e. The van der Waals surface area contributed by atoms with Gasteiger partial charge in [0.15, 0.2) is 5.84 Å². The standard InChI is InChI=1S/C6H12N4O2/c1-4(6(11)12)3-5(9-7)10-8-2/h4H,3,7H2,1-2H3,(H,11,12)/t4-/m0/s1. The fourth-order valence-electron chi connectivity index (χ4n) is 0.596. The molecule has 12 heavy (non-hydrogen) atoms. The van der Waals surface area contributed by atoms with Gasteiger partial charge in [0.2, 0.25) is 0 Å². The first kappa shape index (κ1) is 10.5. The predicted octanol–water partition coefficient (Wildman–Crippen LogP) is 0.451. The lowest BCUT2D eigenvalue weighted by atomic mass is 10.1. The van der Waals surface area contributed by atoms with E-state index in [1.807, 2.05) is 0 Å². The molecule has 0 aliphatic carbocycles. The summed E-state index contributed by atoms with van der Waals surface area (Å²) in [5.41, 5.74) is 0. The molecule has 68 valence electrons. The summed E-state index contributed by atoms with van der Waals surface area (Å²) in [7, 11) is 1.47. The van der Waals surface area contributed by atoms with Crippen LogP contribution in [0, 0.1) is 5.92 Å². The van der Waals surface area contributed by atoms with Crippen LogP contribution >= 0.6 is 0 Å². The Labute approximate surface area is 70.2 Å². The van der Waals surface area contributed by atoms with Crippen molar-refractivity contribution >= 4 is 11.8 Å². The van der Waals surface area contributed by atoms with Gasteiger partial charge < -0.3 is 10.9 Å². The SMILES string of the molecule is CN=NC(C[C@H](C)C(=O)O)=NN. The molecule has 1 atom stereocenters.